The van der Waals surface area contributed by atoms with E-state index in [9.17, 15) is 4.79 Å². The Bertz CT molecular complexity index is 367. The number of nitrogens with zero attached hydrogens (tertiary/aromatic N) is 1. The molecule has 0 aromatic carbocycles. The van der Waals surface area contributed by atoms with Crippen molar-refractivity contribution in [1.82, 2.24) is 10.3 Å². The minimum atomic E-state index is -0.706. The zero-order chi connectivity index (χ0) is 10.6. The largest absolute Gasteiger partial charge is 0.413 e. The van der Waals surface area contributed by atoms with Crippen LogP contribution in [0.5, 0.6) is 0 Å². The second kappa shape index (κ2) is 4.57. The average Bonchev–Trinajstić information content (AvgIpc) is 2.18. The highest BCUT2D eigenvalue weighted by Crippen LogP contribution is 2.14. The van der Waals surface area contributed by atoms with Crippen molar-refractivity contribution >= 4 is 23.6 Å². The number of hydrogen-bond acceptors (Lipinski definition) is 4. The number of carbonyl (C=O) groups excluding carboxylic acids is 1. The van der Waals surface area contributed by atoms with E-state index in [0.717, 1.165) is 0 Å². The van der Waals surface area contributed by atoms with Crippen molar-refractivity contribution in [1.29, 1.82) is 5.41 Å². The summed E-state index contributed by atoms with van der Waals surface area (Å²) in [5, 5.41) is 9.90. The molecule has 0 saturated carbocycles. The number of carbonyl (C=O) groups is 1. The molecule has 6 heteroatoms. The molecule has 2 N–H and O–H groups in total. The van der Waals surface area contributed by atoms with Gasteiger partial charge in [-0.15, -0.1) is 0 Å². The smallest absolute Gasteiger partial charge is 0.391 e. The molecule has 0 radical (unpaired) electrons. The maximum atomic E-state index is 10.8. The molecule has 0 aliphatic heterocycles. The fraction of sp³-hybridized carbons (Fsp3) is 0.125. The summed E-state index contributed by atoms with van der Waals surface area (Å²) in [7, 11) is 1.41. The number of pyridine rings is 1. The van der Waals surface area contributed by atoms with Crippen molar-refractivity contribution in [3.63, 3.8) is 0 Å². The third kappa shape index (κ3) is 2.43. The predicted octanol–water partition coefficient (Wildman–Crippen LogP) is 1.42. The van der Waals surface area contributed by atoms with E-state index >= 15 is 0 Å². The first-order chi connectivity index (χ1) is 6.65. The standard InChI is InChI=1S/C8H8ClN3O2/c1-11-8(13)14-7(10)5-2-3-12-4-6(5)9/h2-4,10H,1H3,(H,11,13). The molecule has 74 valence electrons. The van der Waals surface area contributed by atoms with Gasteiger partial charge in [0.05, 0.1) is 10.6 Å². The van der Waals surface area contributed by atoms with Crippen molar-refractivity contribution in [2.45, 2.75) is 0 Å². The van der Waals surface area contributed by atoms with Crippen LogP contribution >= 0.6 is 11.6 Å². The van der Waals surface area contributed by atoms with Crippen LogP contribution in [0.4, 0.5) is 4.79 Å². The number of ether oxygens (including phenoxy) is 1. The third-order valence-corrected chi connectivity index (χ3v) is 1.72. The van der Waals surface area contributed by atoms with Crippen LogP contribution in [0.1, 0.15) is 5.56 Å². The Kier molecular flexibility index (Phi) is 3.41. The Morgan fingerprint density at radius 2 is 2.43 bits per heavy atom. The molecule has 1 rings (SSSR count). The maximum absolute atomic E-state index is 10.8. The second-order valence-corrected chi connectivity index (χ2v) is 2.73. The molecule has 0 saturated heterocycles. The number of nitrogens with one attached hydrogen (secondary N) is 2. The molecule has 0 aliphatic rings. The fourth-order valence-corrected chi connectivity index (χ4v) is 0.963. The molecule has 0 unspecified atom stereocenters. The van der Waals surface area contributed by atoms with Crippen LogP contribution in [0.25, 0.3) is 0 Å². The molecule has 14 heavy (non-hydrogen) atoms. The first-order valence-corrected chi connectivity index (χ1v) is 4.11. The van der Waals surface area contributed by atoms with Crippen LogP contribution in [0, 0.1) is 5.41 Å². The lowest BCUT2D eigenvalue weighted by Gasteiger charge is -2.05. The highest BCUT2D eigenvalue weighted by Gasteiger charge is 2.10. The van der Waals surface area contributed by atoms with Gasteiger partial charge in [-0.2, -0.15) is 0 Å². The summed E-state index contributed by atoms with van der Waals surface area (Å²) in [4.78, 5) is 14.5. The zero-order valence-corrected chi connectivity index (χ0v) is 8.13. The molecule has 1 amide bonds. The van der Waals surface area contributed by atoms with Gasteiger partial charge in [-0.05, 0) is 6.07 Å². The van der Waals surface area contributed by atoms with Crippen molar-refractivity contribution < 1.29 is 9.53 Å². The second-order valence-electron chi connectivity index (χ2n) is 2.32. The molecule has 0 bridgehead atoms. The SMILES string of the molecule is CNC(=O)OC(=N)c1ccncc1Cl. The highest BCUT2D eigenvalue weighted by molar-refractivity contribution is 6.33. The van der Waals surface area contributed by atoms with E-state index < -0.39 is 6.09 Å². The quantitative estimate of drug-likeness (QED) is 0.547. The molecule has 0 spiro atoms. The van der Waals surface area contributed by atoms with Crippen LogP contribution in [-0.2, 0) is 4.74 Å². The molecule has 0 fully saturated rings. The number of halogens is 1. The number of hydrogen-bond donors (Lipinski definition) is 2. The van der Waals surface area contributed by atoms with E-state index in [-0.39, 0.29) is 10.9 Å². The summed E-state index contributed by atoms with van der Waals surface area (Å²) in [5.41, 5.74) is 0.324. The van der Waals surface area contributed by atoms with Crippen LogP contribution in [-0.4, -0.2) is 24.0 Å². The average molecular weight is 214 g/mol. The molecular formula is C8H8ClN3O2. The number of rotatable bonds is 1. The summed E-state index contributed by atoms with van der Waals surface area (Å²) >= 11 is 5.73. The van der Waals surface area contributed by atoms with Gasteiger partial charge in [-0.1, -0.05) is 11.6 Å². The zero-order valence-electron chi connectivity index (χ0n) is 7.37. The van der Waals surface area contributed by atoms with Crippen molar-refractivity contribution in [2.75, 3.05) is 7.05 Å². The monoisotopic (exact) mass is 213 g/mol. The summed E-state index contributed by atoms with van der Waals surface area (Å²) < 4.78 is 4.59. The Morgan fingerprint density at radius 1 is 1.71 bits per heavy atom. The fourth-order valence-electron chi connectivity index (χ4n) is 0.758. The van der Waals surface area contributed by atoms with Crippen molar-refractivity contribution in [2.24, 2.45) is 0 Å². The van der Waals surface area contributed by atoms with E-state index in [1.807, 2.05) is 0 Å². The lowest BCUT2D eigenvalue weighted by atomic mass is 10.3. The van der Waals surface area contributed by atoms with Gasteiger partial charge in [-0.25, -0.2) is 4.79 Å². The van der Waals surface area contributed by atoms with Crippen LogP contribution in [0.2, 0.25) is 5.02 Å². The first kappa shape index (κ1) is 10.5. The molecular weight excluding hydrogens is 206 g/mol. The summed E-state index contributed by atoms with van der Waals surface area (Å²) in [6, 6.07) is 1.49. The van der Waals surface area contributed by atoms with E-state index in [2.05, 4.69) is 15.0 Å². The lowest BCUT2D eigenvalue weighted by Crippen LogP contribution is -2.23. The molecule has 0 atom stereocenters. The van der Waals surface area contributed by atoms with Crippen molar-refractivity contribution in [3.05, 3.63) is 29.0 Å². The van der Waals surface area contributed by atoms with Gasteiger partial charge in [0.15, 0.2) is 0 Å². The topological polar surface area (TPSA) is 75.1 Å². The van der Waals surface area contributed by atoms with Gasteiger partial charge < -0.3 is 10.1 Å². The Labute approximate surface area is 85.6 Å². The van der Waals surface area contributed by atoms with Gasteiger partial charge in [0, 0.05) is 19.4 Å². The van der Waals surface area contributed by atoms with Crippen LogP contribution in [0.15, 0.2) is 18.5 Å². The van der Waals surface area contributed by atoms with Gasteiger partial charge in [0.25, 0.3) is 0 Å². The van der Waals surface area contributed by atoms with Gasteiger partial charge >= 0.3 is 6.09 Å². The summed E-state index contributed by atoms with van der Waals surface area (Å²) in [6.07, 6.45) is 2.13. The van der Waals surface area contributed by atoms with Gasteiger partial charge in [-0.3, -0.25) is 10.4 Å². The number of aromatic nitrogens is 1. The molecule has 1 heterocycles. The number of amides is 1. The Hall–Kier alpha value is -1.62. The Balaban J connectivity index is 2.80. The third-order valence-electron chi connectivity index (χ3n) is 1.42. The number of alkyl carbamates (subject to hydrolysis) is 1. The van der Waals surface area contributed by atoms with Gasteiger partial charge in [0.1, 0.15) is 0 Å². The van der Waals surface area contributed by atoms with Crippen LogP contribution < -0.4 is 5.32 Å². The molecule has 1 aromatic rings. The van der Waals surface area contributed by atoms with E-state index in [1.54, 1.807) is 0 Å². The summed E-state index contributed by atoms with van der Waals surface area (Å²) in [5.74, 6) is -0.309. The molecule has 5 nitrogen and oxygen atoms in total. The Morgan fingerprint density at radius 3 is 3.00 bits per heavy atom. The molecule has 1 aromatic heterocycles. The van der Waals surface area contributed by atoms with Crippen molar-refractivity contribution in [3.8, 4) is 0 Å². The first-order valence-electron chi connectivity index (χ1n) is 3.73. The minimum Gasteiger partial charge on any atom is -0.391 e. The van der Waals surface area contributed by atoms with E-state index in [0.29, 0.717) is 5.56 Å². The molecule has 0 aliphatic carbocycles. The van der Waals surface area contributed by atoms with Crippen LogP contribution in [0.3, 0.4) is 0 Å². The van der Waals surface area contributed by atoms with E-state index in [4.69, 9.17) is 17.0 Å². The normalized spacial score (nSPS) is 9.29. The lowest BCUT2D eigenvalue weighted by molar-refractivity contribution is 0.199. The summed E-state index contributed by atoms with van der Waals surface area (Å²) in [6.45, 7) is 0. The van der Waals surface area contributed by atoms with Gasteiger partial charge in [0.2, 0.25) is 5.90 Å². The highest BCUT2D eigenvalue weighted by atomic mass is 35.5. The van der Waals surface area contributed by atoms with E-state index in [1.165, 1.54) is 25.5 Å². The minimum absolute atomic E-state index is 0.265. The maximum Gasteiger partial charge on any atom is 0.413 e. The predicted molar refractivity (Wildman–Crippen MR) is 51.6 cm³/mol.